The Balaban J connectivity index is 1.72. The first kappa shape index (κ1) is 15.0. The van der Waals surface area contributed by atoms with Crippen molar-refractivity contribution in [3.05, 3.63) is 36.4 Å². The van der Waals surface area contributed by atoms with E-state index in [2.05, 4.69) is 20.7 Å². The third-order valence-corrected chi connectivity index (χ3v) is 2.84. The summed E-state index contributed by atoms with van der Waals surface area (Å²) < 4.78 is 6.83. The van der Waals surface area contributed by atoms with Crippen LogP contribution >= 0.6 is 0 Å². The number of carbonyl (C=O) groups is 1. The highest BCUT2D eigenvalue weighted by Crippen LogP contribution is 2.22. The Hall–Kier alpha value is -2.41. The van der Waals surface area contributed by atoms with E-state index in [0.717, 1.165) is 5.82 Å². The van der Waals surface area contributed by atoms with Crippen LogP contribution in [0.2, 0.25) is 0 Å². The van der Waals surface area contributed by atoms with Crippen LogP contribution in [-0.4, -0.2) is 40.9 Å². The van der Waals surface area contributed by atoms with Crippen molar-refractivity contribution in [2.24, 2.45) is 7.05 Å². The number of para-hydroxylation sites is 2. The van der Waals surface area contributed by atoms with Crippen molar-refractivity contribution in [1.29, 1.82) is 0 Å². The van der Waals surface area contributed by atoms with Crippen molar-refractivity contribution in [3.8, 4) is 5.75 Å². The number of rotatable bonds is 7. The Morgan fingerprint density at radius 3 is 2.90 bits per heavy atom. The molecule has 112 valence electrons. The number of aryl methyl sites for hydroxylation is 1. The number of amides is 1. The Morgan fingerprint density at radius 1 is 1.38 bits per heavy atom. The second-order valence-electron chi connectivity index (χ2n) is 4.51. The molecule has 7 nitrogen and oxygen atoms in total. The fourth-order valence-corrected chi connectivity index (χ4v) is 1.84. The van der Waals surface area contributed by atoms with Gasteiger partial charge in [0.2, 0.25) is 5.91 Å². The largest absolute Gasteiger partial charge is 0.495 e. The number of aromatic nitrogens is 3. The Kier molecular flexibility index (Phi) is 5.28. The summed E-state index contributed by atoms with van der Waals surface area (Å²) in [6.07, 6.45) is 2.34. The van der Waals surface area contributed by atoms with Gasteiger partial charge in [-0.3, -0.25) is 9.48 Å². The van der Waals surface area contributed by atoms with Gasteiger partial charge < -0.3 is 15.4 Å². The van der Waals surface area contributed by atoms with E-state index in [1.54, 1.807) is 30.3 Å². The molecule has 0 saturated heterocycles. The van der Waals surface area contributed by atoms with Crippen LogP contribution in [0.1, 0.15) is 5.82 Å². The molecular formula is C14H19N5O2. The van der Waals surface area contributed by atoms with Gasteiger partial charge in [-0.2, -0.15) is 5.10 Å². The summed E-state index contributed by atoms with van der Waals surface area (Å²) in [6.45, 7) is 0.869. The van der Waals surface area contributed by atoms with Gasteiger partial charge in [-0.15, -0.1) is 0 Å². The van der Waals surface area contributed by atoms with Gasteiger partial charge in [0.1, 0.15) is 12.1 Å². The number of nitrogens with one attached hydrogen (secondary N) is 2. The van der Waals surface area contributed by atoms with Crippen LogP contribution in [-0.2, 0) is 18.3 Å². The Bertz CT molecular complexity index is 597. The Labute approximate surface area is 123 Å². The summed E-state index contributed by atoms with van der Waals surface area (Å²) in [5, 5.41) is 10.0. The number of methoxy groups -OCH3 is 1. The summed E-state index contributed by atoms with van der Waals surface area (Å²) in [6, 6.07) is 7.30. The molecule has 0 fully saturated rings. The molecule has 7 heteroatoms. The van der Waals surface area contributed by atoms with E-state index in [0.29, 0.717) is 24.4 Å². The average molecular weight is 289 g/mol. The minimum absolute atomic E-state index is 0.117. The molecule has 2 N–H and O–H groups in total. The zero-order valence-corrected chi connectivity index (χ0v) is 12.2. The first-order chi connectivity index (χ1) is 10.2. The zero-order valence-electron chi connectivity index (χ0n) is 12.2. The van der Waals surface area contributed by atoms with Crippen molar-refractivity contribution in [2.45, 2.75) is 6.42 Å². The molecule has 2 rings (SSSR count). The van der Waals surface area contributed by atoms with Crippen molar-refractivity contribution in [1.82, 2.24) is 20.1 Å². The summed E-state index contributed by atoms with van der Waals surface area (Å²) in [5.41, 5.74) is 0.665. The van der Waals surface area contributed by atoms with Crippen LogP contribution in [0.25, 0.3) is 0 Å². The van der Waals surface area contributed by atoms with Crippen LogP contribution in [0.4, 0.5) is 5.69 Å². The topological polar surface area (TPSA) is 81.1 Å². The van der Waals surface area contributed by atoms with Crippen LogP contribution in [0, 0.1) is 0 Å². The maximum atomic E-state index is 11.8. The monoisotopic (exact) mass is 289 g/mol. The predicted octanol–water partition coefficient (Wildman–Crippen LogP) is 0.594. The fraction of sp³-hybridized carbons (Fsp3) is 0.357. The number of benzene rings is 1. The summed E-state index contributed by atoms with van der Waals surface area (Å²) in [5.74, 6) is 1.28. The molecule has 0 unspecified atom stereocenters. The van der Waals surface area contributed by atoms with Crippen LogP contribution < -0.4 is 15.4 Å². The van der Waals surface area contributed by atoms with E-state index >= 15 is 0 Å². The van der Waals surface area contributed by atoms with Crippen LogP contribution in [0.15, 0.2) is 30.6 Å². The van der Waals surface area contributed by atoms with Gasteiger partial charge in [-0.1, -0.05) is 12.1 Å². The van der Waals surface area contributed by atoms with Crippen molar-refractivity contribution >= 4 is 11.6 Å². The lowest BCUT2D eigenvalue weighted by atomic mass is 10.3. The standard InChI is InChI=1S/C14H19N5O2/c1-19-10-16-13(18-19)7-8-15-9-14(20)17-11-5-3-4-6-12(11)21-2/h3-6,10,15H,7-9H2,1-2H3,(H,17,20). The zero-order chi connectivity index (χ0) is 15.1. The molecule has 0 aliphatic rings. The van der Waals surface area contributed by atoms with Crippen molar-refractivity contribution in [3.63, 3.8) is 0 Å². The van der Waals surface area contributed by atoms with Crippen molar-refractivity contribution in [2.75, 3.05) is 25.5 Å². The van der Waals surface area contributed by atoms with E-state index in [1.165, 1.54) is 0 Å². The Morgan fingerprint density at radius 2 is 2.19 bits per heavy atom. The van der Waals surface area contributed by atoms with Gasteiger partial charge in [-0.25, -0.2) is 4.98 Å². The SMILES string of the molecule is COc1ccccc1NC(=O)CNCCc1ncn(C)n1. The molecule has 21 heavy (non-hydrogen) atoms. The van der Waals surface area contributed by atoms with Gasteiger partial charge >= 0.3 is 0 Å². The number of nitrogens with zero attached hydrogens (tertiary/aromatic N) is 3. The van der Waals surface area contributed by atoms with Crippen LogP contribution in [0.5, 0.6) is 5.75 Å². The number of carbonyl (C=O) groups excluding carboxylic acids is 1. The molecule has 0 saturated carbocycles. The lowest BCUT2D eigenvalue weighted by Gasteiger charge is -2.10. The quantitative estimate of drug-likeness (QED) is 0.729. The minimum atomic E-state index is -0.117. The molecule has 1 aromatic heterocycles. The first-order valence-corrected chi connectivity index (χ1v) is 6.67. The van der Waals surface area contributed by atoms with E-state index in [9.17, 15) is 4.79 Å². The molecule has 1 heterocycles. The number of hydrogen-bond donors (Lipinski definition) is 2. The van der Waals surface area contributed by atoms with Gasteiger partial charge in [0.25, 0.3) is 0 Å². The van der Waals surface area contributed by atoms with E-state index in [4.69, 9.17) is 4.74 Å². The molecule has 0 aliphatic carbocycles. The fourth-order valence-electron chi connectivity index (χ4n) is 1.84. The van der Waals surface area contributed by atoms with Gasteiger partial charge in [0.15, 0.2) is 5.82 Å². The van der Waals surface area contributed by atoms with Crippen LogP contribution in [0.3, 0.4) is 0 Å². The third-order valence-electron chi connectivity index (χ3n) is 2.84. The molecule has 0 spiro atoms. The van der Waals surface area contributed by atoms with Gasteiger partial charge in [-0.05, 0) is 12.1 Å². The maximum absolute atomic E-state index is 11.8. The first-order valence-electron chi connectivity index (χ1n) is 6.67. The van der Waals surface area contributed by atoms with E-state index < -0.39 is 0 Å². The molecular weight excluding hydrogens is 270 g/mol. The summed E-state index contributed by atoms with van der Waals surface area (Å²) in [7, 11) is 3.40. The molecule has 0 atom stereocenters. The lowest BCUT2D eigenvalue weighted by Crippen LogP contribution is -2.29. The molecule has 0 radical (unpaired) electrons. The second kappa shape index (κ2) is 7.39. The average Bonchev–Trinajstić information content (AvgIpc) is 2.90. The molecule has 2 aromatic rings. The second-order valence-corrected chi connectivity index (χ2v) is 4.51. The molecule has 1 aromatic carbocycles. The molecule has 1 amide bonds. The number of ether oxygens (including phenoxy) is 1. The summed E-state index contributed by atoms with van der Waals surface area (Å²) in [4.78, 5) is 15.9. The molecule has 0 bridgehead atoms. The highest BCUT2D eigenvalue weighted by atomic mass is 16.5. The van der Waals surface area contributed by atoms with Crippen molar-refractivity contribution < 1.29 is 9.53 Å². The number of hydrogen-bond acceptors (Lipinski definition) is 5. The van der Waals surface area contributed by atoms with E-state index in [1.807, 2.05) is 19.2 Å². The third kappa shape index (κ3) is 4.57. The number of anilines is 1. The maximum Gasteiger partial charge on any atom is 0.238 e. The smallest absolute Gasteiger partial charge is 0.238 e. The normalized spacial score (nSPS) is 10.4. The van der Waals surface area contributed by atoms with Gasteiger partial charge in [0, 0.05) is 20.0 Å². The molecule has 0 aliphatic heterocycles. The minimum Gasteiger partial charge on any atom is -0.495 e. The summed E-state index contributed by atoms with van der Waals surface area (Å²) >= 11 is 0. The van der Waals surface area contributed by atoms with E-state index in [-0.39, 0.29) is 12.5 Å². The van der Waals surface area contributed by atoms with Gasteiger partial charge in [0.05, 0.1) is 19.3 Å². The predicted molar refractivity (Wildman–Crippen MR) is 79.2 cm³/mol. The highest BCUT2D eigenvalue weighted by Gasteiger charge is 2.06. The highest BCUT2D eigenvalue weighted by molar-refractivity contribution is 5.93. The lowest BCUT2D eigenvalue weighted by molar-refractivity contribution is -0.115.